The summed E-state index contributed by atoms with van der Waals surface area (Å²) in [5.74, 6) is 0.143. The summed E-state index contributed by atoms with van der Waals surface area (Å²) in [4.78, 5) is 11.5. The molecule has 13 heavy (non-hydrogen) atoms. The third-order valence-electron chi connectivity index (χ3n) is 1.75. The molecule has 0 bridgehead atoms. The SMILES string of the molecule is Cc1ccc(C(=O)C(C)Br)c(I)c1. The van der Waals surface area contributed by atoms with Crippen molar-refractivity contribution in [1.82, 2.24) is 0 Å². The largest absolute Gasteiger partial charge is 0.293 e. The fourth-order valence-electron chi connectivity index (χ4n) is 1.03. The van der Waals surface area contributed by atoms with Gasteiger partial charge in [-0.25, -0.2) is 0 Å². The molecule has 1 aromatic rings. The Hall–Kier alpha value is 0.1000. The fourth-order valence-corrected chi connectivity index (χ4v) is 2.22. The van der Waals surface area contributed by atoms with Crippen LogP contribution in [-0.2, 0) is 0 Å². The number of carbonyl (C=O) groups excluding carboxylic acids is 1. The molecule has 0 amide bonds. The van der Waals surface area contributed by atoms with Crippen molar-refractivity contribution in [2.75, 3.05) is 0 Å². The summed E-state index contributed by atoms with van der Waals surface area (Å²) >= 11 is 5.47. The van der Waals surface area contributed by atoms with E-state index < -0.39 is 0 Å². The molecular formula is C10H10BrIO. The van der Waals surface area contributed by atoms with E-state index in [9.17, 15) is 4.79 Å². The van der Waals surface area contributed by atoms with Crippen molar-refractivity contribution in [2.24, 2.45) is 0 Å². The molecule has 3 heteroatoms. The second kappa shape index (κ2) is 4.55. The van der Waals surface area contributed by atoms with E-state index >= 15 is 0 Å². The minimum absolute atomic E-state index is 0.108. The number of aryl methyl sites for hydroxylation is 1. The highest BCUT2D eigenvalue weighted by Gasteiger charge is 2.14. The first-order valence-electron chi connectivity index (χ1n) is 3.97. The average molecular weight is 353 g/mol. The molecule has 0 radical (unpaired) electrons. The van der Waals surface area contributed by atoms with Crippen molar-refractivity contribution < 1.29 is 4.79 Å². The molecule has 1 rings (SSSR count). The molecular weight excluding hydrogens is 343 g/mol. The number of hydrogen-bond donors (Lipinski definition) is 0. The van der Waals surface area contributed by atoms with E-state index in [0.717, 1.165) is 9.13 Å². The van der Waals surface area contributed by atoms with Crippen LogP contribution in [0.15, 0.2) is 18.2 Å². The summed E-state index contributed by atoms with van der Waals surface area (Å²) in [6, 6.07) is 5.87. The van der Waals surface area contributed by atoms with Crippen molar-refractivity contribution in [2.45, 2.75) is 18.7 Å². The van der Waals surface area contributed by atoms with Crippen LogP contribution in [0.1, 0.15) is 22.8 Å². The lowest BCUT2D eigenvalue weighted by Crippen LogP contribution is -2.11. The highest BCUT2D eigenvalue weighted by molar-refractivity contribution is 14.1. The smallest absolute Gasteiger partial charge is 0.177 e. The minimum Gasteiger partial charge on any atom is -0.293 e. The summed E-state index contributed by atoms with van der Waals surface area (Å²) in [6.45, 7) is 3.87. The Bertz CT molecular complexity index is 334. The highest BCUT2D eigenvalue weighted by Crippen LogP contribution is 2.18. The maximum atomic E-state index is 11.6. The van der Waals surface area contributed by atoms with Crippen LogP contribution in [0.4, 0.5) is 0 Å². The number of rotatable bonds is 2. The zero-order chi connectivity index (χ0) is 10.0. The van der Waals surface area contributed by atoms with E-state index in [0.29, 0.717) is 0 Å². The second-order valence-electron chi connectivity index (χ2n) is 2.96. The van der Waals surface area contributed by atoms with Crippen LogP contribution in [0.5, 0.6) is 0 Å². The van der Waals surface area contributed by atoms with Gasteiger partial charge in [0.25, 0.3) is 0 Å². The van der Waals surface area contributed by atoms with Gasteiger partial charge in [0, 0.05) is 9.13 Å². The van der Waals surface area contributed by atoms with Gasteiger partial charge in [-0.1, -0.05) is 33.6 Å². The molecule has 0 saturated carbocycles. The van der Waals surface area contributed by atoms with Gasteiger partial charge in [0.2, 0.25) is 0 Å². The number of halogens is 2. The molecule has 0 fully saturated rings. The van der Waals surface area contributed by atoms with Crippen molar-refractivity contribution in [3.63, 3.8) is 0 Å². The van der Waals surface area contributed by atoms with E-state index in [4.69, 9.17) is 0 Å². The fraction of sp³-hybridized carbons (Fsp3) is 0.300. The van der Waals surface area contributed by atoms with Gasteiger partial charge in [-0.2, -0.15) is 0 Å². The molecule has 0 saturated heterocycles. The average Bonchev–Trinajstić information content (AvgIpc) is 2.03. The molecule has 0 spiro atoms. The number of carbonyl (C=O) groups is 1. The van der Waals surface area contributed by atoms with Gasteiger partial charge in [0.15, 0.2) is 5.78 Å². The summed E-state index contributed by atoms with van der Waals surface area (Å²) in [6.07, 6.45) is 0. The predicted octanol–water partition coefficient (Wildman–Crippen LogP) is 3.57. The highest BCUT2D eigenvalue weighted by atomic mass is 127. The van der Waals surface area contributed by atoms with Crippen molar-refractivity contribution in [3.8, 4) is 0 Å². The lowest BCUT2D eigenvalue weighted by Gasteiger charge is -2.05. The number of Topliss-reactive ketones (excluding diaryl/α,β-unsaturated/α-hetero) is 1. The van der Waals surface area contributed by atoms with E-state index in [1.165, 1.54) is 5.56 Å². The quantitative estimate of drug-likeness (QED) is 0.452. The minimum atomic E-state index is -0.108. The molecule has 1 nitrogen and oxygen atoms in total. The van der Waals surface area contributed by atoms with Gasteiger partial charge in [-0.15, -0.1) is 0 Å². The maximum Gasteiger partial charge on any atom is 0.177 e. The molecule has 1 unspecified atom stereocenters. The molecule has 0 heterocycles. The number of benzene rings is 1. The van der Waals surface area contributed by atoms with Gasteiger partial charge >= 0.3 is 0 Å². The summed E-state index contributed by atoms with van der Waals surface area (Å²) in [5.41, 5.74) is 1.98. The number of alkyl halides is 1. The van der Waals surface area contributed by atoms with Crippen molar-refractivity contribution in [1.29, 1.82) is 0 Å². The van der Waals surface area contributed by atoms with Crippen LogP contribution in [0.2, 0.25) is 0 Å². The van der Waals surface area contributed by atoms with Gasteiger partial charge in [-0.3, -0.25) is 4.79 Å². The third kappa shape index (κ3) is 2.77. The Morgan fingerprint density at radius 1 is 1.54 bits per heavy atom. The molecule has 0 N–H and O–H groups in total. The molecule has 0 aliphatic heterocycles. The van der Waals surface area contributed by atoms with Crippen LogP contribution < -0.4 is 0 Å². The van der Waals surface area contributed by atoms with Gasteiger partial charge < -0.3 is 0 Å². The lowest BCUT2D eigenvalue weighted by molar-refractivity contribution is 0.0995. The maximum absolute atomic E-state index is 11.6. The summed E-state index contributed by atoms with van der Waals surface area (Å²) in [5, 5.41) is 0. The van der Waals surface area contributed by atoms with Crippen LogP contribution in [0, 0.1) is 10.5 Å². The first-order chi connectivity index (χ1) is 6.02. The summed E-state index contributed by atoms with van der Waals surface area (Å²) in [7, 11) is 0. The molecule has 1 atom stereocenters. The molecule has 70 valence electrons. The molecule has 0 aromatic heterocycles. The summed E-state index contributed by atoms with van der Waals surface area (Å²) < 4.78 is 1.02. The molecule has 1 aromatic carbocycles. The standard InChI is InChI=1S/C10H10BrIO/c1-6-3-4-8(9(12)5-6)10(13)7(2)11/h3-5,7H,1-2H3. The van der Waals surface area contributed by atoms with Gasteiger partial charge in [-0.05, 0) is 42.5 Å². The van der Waals surface area contributed by atoms with Crippen LogP contribution >= 0.6 is 38.5 Å². The number of ketones is 1. The normalized spacial score (nSPS) is 12.6. The first-order valence-corrected chi connectivity index (χ1v) is 5.96. The topological polar surface area (TPSA) is 17.1 Å². The Labute approximate surface area is 100 Å². The van der Waals surface area contributed by atoms with Crippen molar-refractivity contribution in [3.05, 3.63) is 32.9 Å². The van der Waals surface area contributed by atoms with Crippen molar-refractivity contribution >= 4 is 44.3 Å². The zero-order valence-electron chi connectivity index (χ0n) is 7.47. The van der Waals surface area contributed by atoms with Gasteiger partial charge in [0.05, 0.1) is 4.83 Å². The molecule has 0 aliphatic carbocycles. The Kier molecular flexibility index (Phi) is 3.91. The van der Waals surface area contributed by atoms with Crippen LogP contribution in [-0.4, -0.2) is 10.6 Å². The van der Waals surface area contributed by atoms with E-state index in [1.807, 2.05) is 32.0 Å². The van der Waals surface area contributed by atoms with E-state index in [2.05, 4.69) is 38.5 Å². The Balaban J connectivity index is 3.09. The monoisotopic (exact) mass is 352 g/mol. The first kappa shape index (κ1) is 11.2. The van der Waals surface area contributed by atoms with Gasteiger partial charge in [0.1, 0.15) is 0 Å². The van der Waals surface area contributed by atoms with Crippen LogP contribution in [0.3, 0.4) is 0 Å². The van der Waals surface area contributed by atoms with E-state index in [1.54, 1.807) is 0 Å². The van der Waals surface area contributed by atoms with Crippen LogP contribution in [0.25, 0.3) is 0 Å². The molecule has 0 aliphatic rings. The Morgan fingerprint density at radius 3 is 2.62 bits per heavy atom. The van der Waals surface area contributed by atoms with E-state index in [-0.39, 0.29) is 10.6 Å². The predicted molar refractivity (Wildman–Crippen MR) is 66.6 cm³/mol. The third-order valence-corrected chi connectivity index (χ3v) is 3.06. The zero-order valence-corrected chi connectivity index (χ0v) is 11.2. The Morgan fingerprint density at radius 2 is 2.15 bits per heavy atom. The number of hydrogen-bond acceptors (Lipinski definition) is 1. The second-order valence-corrected chi connectivity index (χ2v) is 5.50. The lowest BCUT2D eigenvalue weighted by atomic mass is 10.1.